The minimum absolute atomic E-state index is 0.166. The number of ketones is 1. The molecular formula is C17H16FNO. The SMILES string of the molecule is Cc1ccc(F)c(C(=O)C2NCCc3ccccc32)c1. The van der Waals surface area contributed by atoms with E-state index in [1.807, 2.05) is 31.2 Å². The highest BCUT2D eigenvalue weighted by Crippen LogP contribution is 2.27. The van der Waals surface area contributed by atoms with Crippen LogP contribution in [-0.4, -0.2) is 12.3 Å². The van der Waals surface area contributed by atoms with Crippen molar-refractivity contribution in [2.75, 3.05) is 6.54 Å². The lowest BCUT2D eigenvalue weighted by Gasteiger charge is -2.26. The Morgan fingerprint density at radius 2 is 2.05 bits per heavy atom. The Hall–Kier alpha value is -2.00. The maximum absolute atomic E-state index is 13.9. The molecule has 0 amide bonds. The summed E-state index contributed by atoms with van der Waals surface area (Å²) in [5, 5.41) is 3.20. The Morgan fingerprint density at radius 1 is 1.25 bits per heavy atom. The third-order valence-corrected chi connectivity index (χ3v) is 3.76. The molecule has 2 nitrogen and oxygen atoms in total. The molecule has 0 spiro atoms. The van der Waals surface area contributed by atoms with Gasteiger partial charge in [-0.2, -0.15) is 0 Å². The average molecular weight is 269 g/mol. The number of rotatable bonds is 2. The summed E-state index contributed by atoms with van der Waals surface area (Å²) >= 11 is 0. The maximum atomic E-state index is 13.9. The van der Waals surface area contributed by atoms with Crippen LogP contribution >= 0.6 is 0 Å². The molecule has 1 heterocycles. The van der Waals surface area contributed by atoms with Crippen LogP contribution in [0.5, 0.6) is 0 Å². The smallest absolute Gasteiger partial charge is 0.187 e. The normalized spacial score (nSPS) is 17.6. The van der Waals surface area contributed by atoms with Gasteiger partial charge in [-0.25, -0.2) is 4.39 Å². The number of halogens is 1. The fourth-order valence-electron chi connectivity index (χ4n) is 2.72. The number of hydrogen-bond donors (Lipinski definition) is 1. The monoisotopic (exact) mass is 269 g/mol. The van der Waals surface area contributed by atoms with Crippen LogP contribution in [-0.2, 0) is 6.42 Å². The second-order valence-electron chi connectivity index (χ2n) is 5.18. The number of benzene rings is 2. The summed E-state index contributed by atoms with van der Waals surface area (Å²) in [5.41, 5.74) is 3.18. The Labute approximate surface area is 117 Å². The van der Waals surface area contributed by atoms with E-state index in [0.717, 1.165) is 29.7 Å². The van der Waals surface area contributed by atoms with Gasteiger partial charge in [0.05, 0.1) is 11.6 Å². The van der Waals surface area contributed by atoms with Crippen LogP contribution in [0, 0.1) is 12.7 Å². The Balaban J connectivity index is 2.02. The minimum Gasteiger partial charge on any atom is -0.303 e. The van der Waals surface area contributed by atoms with Gasteiger partial charge in [0.2, 0.25) is 0 Å². The Bertz CT molecular complexity index is 666. The van der Waals surface area contributed by atoms with E-state index in [0.29, 0.717) is 0 Å². The lowest BCUT2D eigenvalue weighted by Crippen LogP contribution is -2.35. The summed E-state index contributed by atoms with van der Waals surface area (Å²) in [5.74, 6) is -0.649. The van der Waals surface area contributed by atoms with Crippen molar-refractivity contribution in [1.82, 2.24) is 5.32 Å². The van der Waals surface area contributed by atoms with E-state index in [9.17, 15) is 9.18 Å². The summed E-state index contributed by atoms with van der Waals surface area (Å²) in [6.07, 6.45) is 0.899. The zero-order valence-electron chi connectivity index (χ0n) is 11.3. The molecule has 1 aliphatic heterocycles. The van der Waals surface area contributed by atoms with Crippen LogP contribution in [0.25, 0.3) is 0 Å². The summed E-state index contributed by atoms with van der Waals surface area (Å²) in [6, 6.07) is 12.1. The zero-order chi connectivity index (χ0) is 14.1. The number of nitrogens with one attached hydrogen (secondary N) is 1. The van der Waals surface area contributed by atoms with Gasteiger partial charge >= 0.3 is 0 Å². The molecule has 1 N–H and O–H groups in total. The van der Waals surface area contributed by atoms with E-state index < -0.39 is 11.9 Å². The van der Waals surface area contributed by atoms with Crippen LogP contribution in [0.2, 0.25) is 0 Å². The van der Waals surface area contributed by atoms with Gasteiger partial charge < -0.3 is 5.32 Å². The summed E-state index contributed by atoms with van der Waals surface area (Å²) in [6.45, 7) is 2.60. The number of carbonyl (C=O) groups excluding carboxylic acids is 1. The van der Waals surface area contributed by atoms with Crippen molar-refractivity contribution in [3.8, 4) is 0 Å². The Kier molecular flexibility index (Phi) is 3.36. The number of hydrogen-bond acceptors (Lipinski definition) is 2. The van der Waals surface area contributed by atoms with E-state index in [1.54, 1.807) is 12.1 Å². The molecule has 0 aliphatic carbocycles. The number of fused-ring (bicyclic) bond motifs is 1. The molecule has 1 atom stereocenters. The molecule has 20 heavy (non-hydrogen) atoms. The second kappa shape index (κ2) is 5.17. The average Bonchev–Trinajstić information content (AvgIpc) is 2.48. The van der Waals surface area contributed by atoms with Gasteiger partial charge in [0.1, 0.15) is 5.82 Å². The van der Waals surface area contributed by atoms with Crippen molar-refractivity contribution >= 4 is 5.78 Å². The lowest BCUT2D eigenvalue weighted by molar-refractivity contribution is 0.0935. The molecule has 0 saturated heterocycles. The fourth-order valence-corrected chi connectivity index (χ4v) is 2.72. The van der Waals surface area contributed by atoms with Gasteiger partial charge in [-0.15, -0.1) is 0 Å². The first-order valence-corrected chi connectivity index (χ1v) is 6.78. The van der Waals surface area contributed by atoms with Gasteiger partial charge in [-0.3, -0.25) is 4.79 Å². The Morgan fingerprint density at radius 3 is 2.90 bits per heavy atom. The van der Waals surface area contributed by atoms with Gasteiger partial charge in [0.25, 0.3) is 0 Å². The molecule has 0 bridgehead atoms. The van der Waals surface area contributed by atoms with Gasteiger partial charge in [-0.05, 0) is 36.6 Å². The predicted molar refractivity (Wildman–Crippen MR) is 76.4 cm³/mol. The first-order valence-electron chi connectivity index (χ1n) is 6.78. The van der Waals surface area contributed by atoms with Crippen molar-refractivity contribution in [1.29, 1.82) is 0 Å². The molecule has 0 radical (unpaired) electrons. The van der Waals surface area contributed by atoms with E-state index in [-0.39, 0.29) is 11.3 Å². The van der Waals surface area contributed by atoms with Gasteiger partial charge in [0.15, 0.2) is 5.78 Å². The van der Waals surface area contributed by atoms with Crippen molar-refractivity contribution in [3.63, 3.8) is 0 Å². The van der Waals surface area contributed by atoms with Gasteiger partial charge in [0, 0.05) is 6.54 Å². The molecule has 3 rings (SSSR count). The number of Topliss-reactive ketones (excluding diaryl/α,β-unsaturated/α-hetero) is 1. The third-order valence-electron chi connectivity index (χ3n) is 3.76. The molecule has 3 heteroatoms. The maximum Gasteiger partial charge on any atom is 0.187 e. The van der Waals surface area contributed by atoms with Gasteiger partial charge in [-0.1, -0.05) is 35.9 Å². The standard InChI is InChI=1S/C17H16FNO/c1-11-6-7-15(18)14(10-11)17(20)16-13-5-3-2-4-12(13)8-9-19-16/h2-7,10,16,19H,8-9H2,1H3. The van der Waals surface area contributed by atoms with Crippen LogP contribution in [0.15, 0.2) is 42.5 Å². The molecular weight excluding hydrogens is 253 g/mol. The van der Waals surface area contributed by atoms with Crippen molar-refractivity contribution in [3.05, 3.63) is 70.5 Å². The van der Waals surface area contributed by atoms with Crippen LogP contribution < -0.4 is 5.32 Å². The predicted octanol–water partition coefficient (Wildman–Crippen LogP) is 3.20. The number of carbonyl (C=O) groups is 1. The lowest BCUT2D eigenvalue weighted by atomic mass is 9.89. The summed E-state index contributed by atoms with van der Waals surface area (Å²) in [4.78, 5) is 12.6. The minimum atomic E-state index is -0.453. The molecule has 0 fully saturated rings. The highest BCUT2D eigenvalue weighted by molar-refractivity contribution is 6.01. The number of aryl methyl sites for hydroxylation is 1. The molecule has 0 saturated carbocycles. The molecule has 2 aromatic carbocycles. The van der Waals surface area contributed by atoms with E-state index in [1.165, 1.54) is 6.07 Å². The molecule has 2 aromatic rings. The second-order valence-corrected chi connectivity index (χ2v) is 5.18. The highest BCUT2D eigenvalue weighted by atomic mass is 19.1. The zero-order valence-corrected chi connectivity index (χ0v) is 11.3. The van der Waals surface area contributed by atoms with E-state index in [2.05, 4.69) is 5.32 Å². The van der Waals surface area contributed by atoms with Crippen LogP contribution in [0.3, 0.4) is 0 Å². The molecule has 102 valence electrons. The molecule has 0 aromatic heterocycles. The third kappa shape index (κ3) is 2.25. The largest absolute Gasteiger partial charge is 0.303 e. The highest BCUT2D eigenvalue weighted by Gasteiger charge is 2.28. The summed E-state index contributed by atoms with van der Waals surface area (Å²) in [7, 11) is 0. The van der Waals surface area contributed by atoms with Crippen molar-refractivity contribution < 1.29 is 9.18 Å². The van der Waals surface area contributed by atoms with E-state index in [4.69, 9.17) is 0 Å². The van der Waals surface area contributed by atoms with Crippen LogP contribution in [0.4, 0.5) is 4.39 Å². The first-order chi connectivity index (χ1) is 9.66. The first kappa shape index (κ1) is 13.0. The van der Waals surface area contributed by atoms with Crippen molar-refractivity contribution in [2.24, 2.45) is 0 Å². The quantitative estimate of drug-likeness (QED) is 0.848. The molecule has 1 unspecified atom stereocenters. The van der Waals surface area contributed by atoms with Crippen molar-refractivity contribution in [2.45, 2.75) is 19.4 Å². The van der Waals surface area contributed by atoms with Crippen LogP contribution in [0.1, 0.15) is 33.1 Å². The fraction of sp³-hybridized carbons (Fsp3) is 0.235. The summed E-state index contributed by atoms with van der Waals surface area (Å²) < 4.78 is 13.9. The molecule has 1 aliphatic rings. The topological polar surface area (TPSA) is 29.1 Å². The van der Waals surface area contributed by atoms with E-state index >= 15 is 0 Å².